The van der Waals surface area contributed by atoms with Crippen LogP contribution >= 0.6 is 0 Å². The average Bonchev–Trinajstić information content (AvgIpc) is 2.81. The second kappa shape index (κ2) is 10.0. The van der Waals surface area contributed by atoms with E-state index in [1.807, 2.05) is 0 Å². The highest BCUT2D eigenvalue weighted by Crippen LogP contribution is 2.32. The first kappa shape index (κ1) is 22.1. The van der Waals surface area contributed by atoms with E-state index in [2.05, 4.69) is 58.7 Å². The van der Waals surface area contributed by atoms with Crippen molar-refractivity contribution in [3.05, 3.63) is 53.6 Å². The second-order valence-electron chi connectivity index (χ2n) is 8.29. The minimum absolute atomic E-state index is 0.00958. The molecule has 0 aromatic heterocycles. The highest BCUT2D eigenvalue weighted by molar-refractivity contribution is 6.39. The molecule has 2 N–H and O–H groups in total. The number of hydrogen-bond donors (Lipinski definition) is 2. The molecule has 2 aromatic rings. The first-order valence-corrected chi connectivity index (χ1v) is 11.0. The third kappa shape index (κ3) is 5.38. The highest BCUT2D eigenvalue weighted by atomic mass is 16.6. The van der Waals surface area contributed by atoms with E-state index in [1.165, 1.54) is 5.56 Å². The van der Waals surface area contributed by atoms with Crippen LogP contribution in [0, 0.1) is 6.92 Å². The lowest BCUT2D eigenvalue weighted by Gasteiger charge is -2.38. The van der Waals surface area contributed by atoms with Crippen LogP contribution in [0.2, 0.25) is 0 Å². The molecule has 2 aliphatic heterocycles. The van der Waals surface area contributed by atoms with Crippen LogP contribution in [0.25, 0.3) is 0 Å². The summed E-state index contributed by atoms with van der Waals surface area (Å²) < 4.78 is 11.0. The number of amides is 2. The predicted molar refractivity (Wildman–Crippen MR) is 122 cm³/mol. The third-order valence-electron chi connectivity index (χ3n) is 5.90. The van der Waals surface area contributed by atoms with Gasteiger partial charge in [-0.3, -0.25) is 14.5 Å². The summed E-state index contributed by atoms with van der Waals surface area (Å²) in [6.07, 6.45) is 0. The zero-order valence-electron chi connectivity index (χ0n) is 18.6. The Labute approximate surface area is 188 Å². The van der Waals surface area contributed by atoms with Gasteiger partial charge in [0.2, 0.25) is 0 Å². The standard InChI is InChI=1S/C24H30N4O4/c1-17-3-5-18(6-4-17)20(28-11-9-27(2)10-12-28)16-25-23(29)24(30)26-19-7-8-21-22(15-19)32-14-13-31-21/h3-8,15,20H,9-14,16H2,1-2H3,(H,25,29)(H,26,30)/t20-/m1/s1. The topological polar surface area (TPSA) is 83.1 Å². The monoisotopic (exact) mass is 438 g/mol. The Hall–Kier alpha value is -3.10. The number of nitrogens with one attached hydrogen (secondary N) is 2. The lowest BCUT2D eigenvalue weighted by atomic mass is 10.0. The number of carbonyl (C=O) groups is 2. The first-order valence-electron chi connectivity index (χ1n) is 11.0. The van der Waals surface area contributed by atoms with Crippen LogP contribution in [0.1, 0.15) is 17.2 Å². The Balaban J connectivity index is 1.39. The number of anilines is 1. The summed E-state index contributed by atoms with van der Waals surface area (Å²) in [6, 6.07) is 13.4. The fraction of sp³-hybridized carbons (Fsp3) is 0.417. The molecule has 170 valence electrons. The Morgan fingerprint density at radius 1 is 0.938 bits per heavy atom. The van der Waals surface area contributed by atoms with Gasteiger partial charge in [-0.15, -0.1) is 0 Å². The summed E-state index contributed by atoms with van der Waals surface area (Å²) in [5.41, 5.74) is 2.81. The van der Waals surface area contributed by atoms with Gasteiger partial charge in [0.1, 0.15) is 13.2 Å². The number of rotatable bonds is 5. The van der Waals surface area contributed by atoms with Gasteiger partial charge in [0, 0.05) is 44.5 Å². The predicted octanol–water partition coefficient (Wildman–Crippen LogP) is 1.81. The van der Waals surface area contributed by atoms with Gasteiger partial charge >= 0.3 is 11.8 Å². The molecule has 8 nitrogen and oxygen atoms in total. The summed E-state index contributed by atoms with van der Waals surface area (Å²) in [7, 11) is 2.11. The molecule has 0 unspecified atom stereocenters. The molecule has 4 rings (SSSR count). The summed E-state index contributed by atoms with van der Waals surface area (Å²) in [4.78, 5) is 29.7. The van der Waals surface area contributed by atoms with E-state index in [-0.39, 0.29) is 6.04 Å². The van der Waals surface area contributed by atoms with E-state index in [0.717, 1.165) is 31.7 Å². The van der Waals surface area contributed by atoms with Crippen LogP contribution in [-0.2, 0) is 9.59 Å². The minimum Gasteiger partial charge on any atom is -0.486 e. The largest absolute Gasteiger partial charge is 0.486 e. The third-order valence-corrected chi connectivity index (χ3v) is 5.90. The maximum absolute atomic E-state index is 12.6. The normalized spacial score (nSPS) is 17.4. The summed E-state index contributed by atoms with van der Waals surface area (Å²) in [6.45, 7) is 7.14. The number of hydrogen-bond acceptors (Lipinski definition) is 6. The van der Waals surface area contributed by atoms with Gasteiger partial charge in [0.25, 0.3) is 0 Å². The summed E-state index contributed by atoms with van der Waals surface area (Å²) >= 11 is 0. The Morgan fingerprint density at radius 2 is 1.62 bits per heavy atom. The van der Waals surface area contributed by atoms with E-state index < -0.39 is 11.8 Å². The summed E-state index contributed by atoms with van der Waals surface area (Å²) in [5.74, 6) is -0.176. The Morgan fingerprint density at radius 3 is 2.34 bits per heavy atom. The number of ether oxygens (including phenoxy) is 2. The summed E-state index contributed by atoms with van der Waals surface area (Å²) in [5, 5.41) is 5.47. The number of nitrogens with zero attached hydrogens (tertiary/aromatic N) is 2. The molecule has 2 amide bonds. The van der Waals surface area contributed by atoms with Crippen LogP contribution in [0.5, 0.6) is 11.5 Å². The number of fused-ring (bicyclic) bond motifs is 1. The van der Waals surface area contributed by atoms with Crippen molar-refractivity contribution in [1.29, 1.82) is 0 Å². The molecule has 2 aromatic carbocycles. The van der Waals surface area contributed by atoms with Crippen LogP contribution < -0.4 is 20.1 Å². The molecule has 1 atom stereocenters. The Bertz CT molecular complexity index is 955. The van der Waals surface area contributed by atoms with Crippen molar-refractivity contribution < 1.29 is 19.1 Å². The van der Waals surface area contributed by atoms with E-state index in [1.54, 1.807) is 18.2 Å². The van der Waals surface area contributed by atoms with Gasteiger partial charge < -0.3 is 25.0 Å². The van der Waals surface area contributed by atoms with Crippen molar-refractivity contribution in [2.75, 3.05) is 58.3 Å². The molecule has 8 heteroatoms. The van der Waals surface area contributed by atoms with E-state index in [0.29, 0.717) is 36.9 Å². The van der Waals surface area contributed by atoms with Gasteiger partial charge in [-0.25, -0.2) is 0 Å². The second-order valence-corrected chi connectivity index (χ2v) is 8.29. The molecular weight excluding hydrogens is 408 g/mol. The molecule has 0 bridgehead atoms. The fourth-order valence-corrected chi connectivity index (χ4v) is 3.96. The van der Waals surface area contributed by atoms with Crippen molar-refractivity contribution in [2.45, 2.75) is 13.0 Å². The van der Waals surface area contributed by atoms with Crippen molar-refractivity contribution in [3.63, 3.8) is 0 Å². The molecule has 1 fully saturated rings. The van der Waals surface area contributed by atoms with Crippen molar-refractivity contribution >= 4 is 17.5 Å². The van der Waals surface area contributed by atoms with E-state index in [9.17, 15) is 9.59 Å². The molecular formula is C24H30N4O4. The maximum Gasteiger partial charge on any atom is 0.313 e. The number of aryl methyl sites for hydroxylation is 1. The number of benzene rings is 2. The van der Waals surface area contributed by atoms with Crippen molar-refractivity contribution in [1.82, 2.24) is 15.1 Å². The molecule has 0 spiro atoms. The molecule has 2 heterocycles. The van der Waals surface area contributed by atoms with Gasteiger partial charge in [0.15, 0.2) is 11.5 Å². The van der Waals surface area contributed by atoms with Crippen LogP contribution in [0.3, 0.4) is 0 Å². The quantitative estimate of drug-likeness (QED) is 0.693. The average molecular weight is 439 g/mol. The number of piperazine rings is 1. The molecule has 0 radical (unpaired) electrons. The SMILES string of the molecule is Cc1ccc([C@@H](CNC(=O)C(=O)Nc2ccc3c(c2)OCCO3)N2CCN(C)CC2)cc1. The first-order chi connectivity index (χ1) is 15.5. The van der Waals surface area contributed by atoms with Crippen LogP contribution in [0.15, 0.2) is 42.5 Å². The minimum atomic E-state index is -0.706. The van der Waals surface area contributed by atoms with Gasteiger partial charge in [-0.2, -0.15) is 0 Å². The Kier molecular flexibility index (Phi) is 6.92. The lowest BCUT2D eigenvalue weighted by molar-refractivity contribution is -0.136. The molecule has 32 heavy (non-hydrogen) atoms. The maximum atomic E-state index is 12.6. The molecule has 1 saturated heterocycles. The lowest BCUT2D eigenvalue weighted by Crippen LogP contribution is -2.49. The van der Waals surface area contributed by atoms with Crippen molar-refractivity contribution in [3.8, 4) is 11.5 Å². The fourth-order valence-electron chi connectivity index (χ4n) is 3.96. The zero-order chi connectivity index (χ0) is 22.5. The number of carbonyl (C=O) groups excluding carboxylic acids is 2. The van der Waals surface area contributed by atoms with E-state index >= 15 is 0 Å². The van der Waals surface area contributed by atoms with Gasteiger partial charge in [-0.05, 0) is 31.7 Å². The smallest absolute Gasteiger partial charge is 0.313 e. The van der Waals surface area contributed by atoms with Crippen molar-refractivity contribution in [2.24, 2.45) is 0 Å². The zero-order valence-corrected chi connectivity index (χ0v) is 18.6. The van der Waals surface area contributed by atoms with Gasteiger partial charge in [0.05, 0.1) is 6.04 Å². The molecule has 0 saturated carbocycles. The number of likely N-dealkylation sites (N-methyl/N-ethyl adjacent to an activating group) is 1. The van der Waals surface area contributed by atoms with Crippen LogP contribution in [-0.4, -0.2) is 74.6 Å². The van der Waals surface area contributed by atoms with Crippen LogP contribution in [0.4, 0.5) is 5.69 Å². The molecule has 2 aliphatic rings. The highest BCUT2D eigenvalue weighted by Gasteiger charge is 2.25. The van der Waals surface area contributed by atoms with Gasteiger partial charge in [-0.1, -0.05) is 29.8 Å². The molecule has 0 aliphatic carbocycles. The van der Waals surface area contributed by atoms with E-state index in [4.69, 9.17) is 9.47 Å².